The Morgan fingerprint density at radius 3 is 2.72 bits per heavy atom. The Morgan fingerprint density at radius 2 is 2.17 bits per heavy atom. The molecule has 0 aliphatic carbocycles. The Bertz CT molecular complexity index is 425. The van der Waals surface area contributed by atoms with E-state index in [1.54, 1.807) is 6.92 Å². The number of ether oxygens (including phenoxy) is 1. The van der Waals surface area contributed by atoms with Crippen molar-refractivity contribution in [1.29, 1.82) is 0 Å². The lowest BCUT2D eigenvalue weighted by molar-refractivity contribution is 0.0313. The molecule has 2 atom stereocenters. The van der Waals surface area contributed by atoms with Crippen molar-refractivity contribution in [2.75, 3.05) is 11.9 Å². The van der Waals surface area contributed by atoms with Crippen LogP contribution in [-0.2, 0) is 4.74 Å². The molecule has 0 saturated heterocycles. The van der Waals surface area contributed by atoms with Gasteiger partial charge in [0.2, 0.25) is 0 Å². The summed E-state index contributed by atoms with van der Waals surface area (Å²) in [5.41, 5.74) is 0.0613. The summed E-state index contributed by atoms with van der Waals surface area (Å²) in [5.74, 6) is -1.26. The number of benzene rings is 1. The number of hydrogen-bond acceptors (Lipinski definition) is 4. The minimum atomic E-state index is -1.36. The molecule has 0 heterocycles. The Kier molecular flexibility index (Phi) is 5.71. The van der Waals surface area contributed by atoms with Crippen LogP contribution >= 0.6 is 15.9 Å². The molecular weight excluding hydrogens is 307 g/mol. The zero-order valence-electron chi connectivity index (χ0n) is 9.77. The Morgan fingerprint density at radius 1 is 1.50 bits per heavy atom. The molecule has 0 bridgehead atoms. The normalized spacial score (nSPS) is 14.1. The number of hydrogen-bond donors (Lipinski definition) is 2. The van der Waals surface area contributed by atoms with Crippen molar-refractivity contribution < 1.29 is 24.1 Å². The first-order valence-electron chi connectivity index (χ1n) is 5.39. The topological polar surface area (TPSA) is 66.8 Å². The van der Waals surface area contributed by atoms with Crippen molar-refractivity contribution in [1.82, 2.24) is 0 Å². The first-order chi connectivity index (χ1) is 8.51. The van der Waals surface area contributed by atoms with Crippen LogP contribution in [0.3, 0.4) is 0 Å². The summed E-state index contributed by atoms with van der Waals surface area (Å²) in [4.78, 5) is 11.6. The van der Waals surface area contributed by atoms with E-state index < -0.39 is 24.0 Å². The fourth-order valence-corrected chi connectivity index (χ4v) is 1.82. The number of aliphatic hydroxyl groups is 2. The number of esters is 1. The third-order valence-corrected chi connectivity index (χ3v) is 3.01. The summed E-state index contributed by atoms with van der Waals surface area (Å²) < 4.78 is 18.0. The highest BCUT2D eigenvalue weighted by molar-refractivity contribution is 9.09. The second kappa shape index (κ2) is 6.82. The van der Waals surface area contributed by atoms with E-state index in [0.29, 0.717) is 0 Å². The van der Waals surface area contributed by atoms with E-state index in [9.17, 15) is 19.4 Å². The van der Waals surface area contributed by atoms with Gasteiger partial charge in [0.25, 0.3) is 0 Å². The van der Waals surface area contributed by atoms with Crippen molar-refractivity contribution in [3.63, 3.8) is 0 Å². The maximum absolute atomic E-state index is 13.2. The van der Waals surface area contributed by atoms with E-state index in [-0.39, 0.29) is 23.1 Å². The smallest absolute Gasteiger partial charge is 0.338 e. The zero-order valence-corrected chi connectivity index (χ0v) is 11.4. The fraction of sp³-hybridized carbons (Fsp3) is 0.417. The third kappa shape index (κ3) is 3.51. The van der Waals surface area contributed by atoms with Crippen LogP contribution < -0.4 is 0 Å². The molecule has 0 aliphatic heterocycles. The van der Waals surface area contributed by atoms with Gasteiger partial charge in [0.15, 0.2) is 0 Å². The summed E-state index contributed by atoms with van der Waals surface area (Å²) >= 11 is 3.00. The Balaban J connectivity index is 3.14. The quantitative estimate of drug-likeness (QED) is 0.641. The zero-order chi connectivity index (χ0) is 13.7. The SMILES string of the molecule is CCOC(=O)c1ccc(F)cc1C(O)C(O)CBr. The summed E-state index contributed by atoms with van der Waals surface area (Å²) in [6, 6.07) is 3.35. The lowest BCUT2D eigenvalue weighted by Gasteiger charge is -2.18. The monoisotopic (exact) mass is 320 g/mol. The molecule has 0 spiro atoms. The van der Waals surface area contributed by atoms with Crippen LogP contribution in [0, 0.1) is 5.82 Å². The first-order valence-corrected chi connectivity index (χ1v) is 6.52. The minimum Gasteiger partial charge on any atom is -0.462 e. The molecule has 18 heavy (non-hydrogen) atoms. The van der Waals surface area contributed by atoms with Gasteiger partial charge in [-0.05, 0) is 25.1 Å². The maximum Gasteiger partial charge on any atom is 0.338 e. The number of halogens is 2. The van der Waals surface area contributed by atoms with E-state index in [1.165, 1.54) is 6.07 Å². The van der Waals surface area contributed by atoms with Crippen LogP contribution in [0.1, 0.15) is 28.9 Å². The molecule has 0 aromatic heterocycles. The van der Waals surface area contributed by atoms with Crippen molar-refractivity contribution in [2.24, 2.45) is 0 Å². The second-order valence-corrected chi connectivity index (χ2v) is 4.27. The molecule has 100 valence electrons. The van der Waals surface area contributed by atoms with E-state index >= 15 is 0 Å². The maximum atomic E-state index is 13.2. The third-order valence-electron chi connectivity index (χ3n) is 2.35. The Labute approximate surface area is 113 Å². The number of carbonyl (C=O) groups excluding carboxylic acids is 1. The number of alkyl halides is 1. The van der Waals surface area contributed by atoms with Crippen molar-refractivity contribution in [3.8, 4) is 0 Å². The highest BCUT2D eigenvalue weighted by Gasteiger charge is 2.24. The van der Waals surface area contributed by atoms with Gasteiger partial charge in [0.05, 0.1) is 18.3 Å². The van der Waals surface area contributed by atoms with Gasteiger partial charge in [-0.25, -0.2) is 9.18 Å². The van der Waals surface area contributed by atoms with Crippen LogP contribution in [0.2, 0.25) is 0 Å². The summed E-state index contributed by atoms with van der Waals surface area (Å²) in [7, 11) is 0. The van der Waals surface area contributed by atoms with Gasteiger partial charge in [0.1, 0.15) is 11.9 Å². The molecule has 0 fully saturated rings. The highest BCUT2D eigenvalue weighted by Crippen LogP contribution is 2.24. The molecule has 0 aliphatic rings. The Hall–Kier alpha value is -0.980. The molecule has 1 aromatic carbocycles. The number of rotatable bonds is 5. The predicted molar refractivity (Wildman–Crippen MR) is 67.1 cm³/mol. The molecule has 0 amide bonds. The van der Waals surface area contributed by atoms with Crippen LogP contribution in [-0.4, -0.2) is 34.2 Å². The second-order valence-electron chi connectivity index (χ2n) is 3.62. The van der Waals surface area contributed by atoms with Crippen molar-refractivity contribution in [3.05, 3.63) is 35.1 Å². The number of carbonyl (C=O) groups is 1. The average molecular weight is 321 g/mol. The van der Waals surface area contributed by atoms with Crippen LogP contribution in [0.5, 0.6) is 0 Å². The van der Waals surface area contributed by atoms with E-state index in [2.05, 4.69) is 15.9 Å². The molecule has 6 heteroatoms. The summed E-state index contributed by atoms with van der Waals surface area (Å²) in [6.45, 7) is 1.82. The molecule has 0 saturated carbocycles. The lowest BCUT2D eigenvalue weighted by Crippen LogP contribution is -2.22. The summed E-state index contributed by atoms with van der Waals surface area (Å²) in [5, 5.41) is 19.5. The van der Waals surface area contributed by atoms with Crippen molar-refractivity contribution in [2.45, 2.75) is 19.1 Å². The molecule has 0 radical (unpaired) electrons. The average Bonchev–Trinajstić information content (AvgIpc) is 2.37. The molecule has 2 N–H and O–H groups in total. The predicted octanol–water partition coefficient (Wildman–Crippen LogP) is 1.79. The van der Waals surface area contributed by atoms with E-state index in [4.69, 9.17) is 4.74 Å². The lowest BCUT2D eigenvalue weighted by atomic mass is 9.99. The van der Waals surface area contributed by atoms with Gasteiger partial charge in [-0.3, -0.25) is 0 Å². The van der Waals surface area contributed by atoms with Crippen LogP contribution in [0.25, 0.3) is 0 Å². The fourth-order valence-electron chi connectivity index (χ4n) is 1.46. The van der Waals surface area contributed by atoms with E-state index in [1.807, 2.05) is 0 Å². The van der Waals surface area contributed by atoms with Crippen LogP contribution in [0.15, 0.2) is 18.2 Å². The van der Waals surface area contributed by atoms with Crippen LogP contribution in [0.4, 0.5) is 4.39 Å². The van der Waals surface area contributed by atoms with Gasteiger partial charge >= 0.3 is 5.97 Å². The standard InChI is InChI=1S/C12H14BrFO4/c1-2-18-12(17)8-4-3-7(14)5-9(8)11(16)10(15)6-13/h3-5,10-11,15-16H,2,6H2,1H3. The molecular formula is C12H14BrFO4. The largest absolute Gasteiger partial charge is 0.462 e. The van der Waals surface area contributed by atoms with Gasteiger partial charge in [-0.15, -0.1) is 0 Å². The van der Waals surface area contributed by atoms with Gasteiger partial charge in [-0.1, -0.05) is 15.9 Å². The molecule has 4 nitrogen and oxygen atoms in total. The number of aliphatic hydroxyl groups excluding tert-OH is 2. The first kappa shape index (κ1) is 15.1. The van der Waals surface area contributed by atoms with Crippen molar-refractivity contribution >= 4 is 21.9 Å². The molecule has 2 unspecified atom stereocenters. The molecule has 1 aromatic rings. The minimum absolute atomic E-state index is 0.0143. The summed E-state index contributed by atoms with van der Waals surface area (Å²) in [6.07, 6.45) is -2.50. The van der Waals surface area contributed by atoms with Gasteiger partial charge in [-0.2, -0.15) is 0 Å². The van der Waals surface area contributed by atoms with Gasteiger partial charge in [0, 0.05) is 10.9 Å². The van der Waals surface area contributed by atoms with E-state index in [0.717, 1.165) is 12.1 Å². The van der Waals surface area contributed by atoms with Gasteiger partial charge < -0.3 is 14.9 Å². The molecule has 1 rings (SSSR count). The highest BCUT2D eigenvalue weighted by atomic mass is 79.9.